The highest BCUT2D eigenvalue weighted by Gasteiger charge is 2.23. The molecule has 114 valence electrons. The van der Waals surface area contributed by atoms with Crippen LogP contribution in [0.15, 0.2) is 6.07 Å². The lowest BCUT2D eigenvalue weighted by atomic mass is 10.1. The predicted octanol–water partition coefficient (Wildman–Crippen LogP) is 2.93. The monoisotopic (exact) mass is 293 g/mol. The molecule has 1 amide bonds. The SMILES string of the molecule is Cc1c(NC(=O)OC(C)(C)C)c(C=O)cc2c1OCCO2. The van der Waals surface area contributed by atoms with Crippen molar-refractivity contribution in [1.82, 2.24) is 0 Å². The van der Waals surface area contributed by atoms with Gasteiger partial charge in [-0.1, -0.05) is 0 Å². The number of carbonyl (C=O) groups excluding carboxylic acids is 2. The minimum Gasteiger partial charge on any atom is -0.486 e. The third-order valence-corrected chi connectivity index (χ3v) is 2.85. The van der Waals surface area contributed by atoms with Crippen LogP contribution in [0.1, 0.15) is 36.7 Å². The van der Waals surface area contributed by atoms with E-state index in [0.29, 0.717) is 47.8 Å². The van der Waals surface area contributed by atoms with Crippen LogP contribution in [0.25, 0.3) is 0 Å². The van der Waals surface area contributed by atoms with E-state index in [1.54, 1.807) is 33.8 Å². The lowest BCUT2D eigenvalue weighted by molar-refractivity contribution is 0.0635. The van der Waals surface area contributed by atoms with Crippen LogP contribution in [0.5, 0.6) is 11.5 Å². The first kappa shape index (κ1) is 15.2. The van der Waals surface area contributed by atoms with Gasteiger partial charge < -0.3 is 14.2 Å². The Kier molecular flexibility index (Phi) is 4.06. The summed E-state index contributed by atoms with van der Waals surface area (Å²) >= 11 is 0. The van der Waals surface area contributed by atoms with Crippen LogP contribution < -0.4 is 14.8 Å². The summed E-state index contributed by atoms with van der Waals surface area (Å²) in [5.74, 6) is 1.05. The molecule has 1 aliphatic rings. The topological polar surface area (TPSA) is 73.9 Å². The zero-order valence-corrected chi connectivity index (χ0v) is 12.6. The molecule has 0 bridgehead atoms. The van der Waals surface area contributed by atoms with Crippen molar-refractivity contribution in [3.63, 3.8) is 0 Å². The zero-order chi connectivity index (χ0) is 15.6. The highest BCUT2D eigenvalue weighted by molar-refractivity contribution is 5.96. The number of carbonyl (C=O) groups is 2. The zero-order valence-electron chi connectivity index (χ0n) is 12.6. The van der Waals surface area contributed by atoms with E-state index in [-0.39, 0.29) is 0 Å². The largest absolute Gasteiger partial charge is 0.486 e. The van der Waals surface area contributed by atoms with Crippen LogP contribution in [0.4, 0.5) is 10.5 Å². The van der Waals surface area contributed by atoms with Gasteiger partial charge in [0.2, 0.25) is 0 Å². The number of hydrogen-bond acceptors (Lipinski definition) is 5. The van der Waals surface area contributed by atoms with E-state index in [1.165, 1.54) is 0 Å². The maximum atomic E-state index is 11.9. The van der Waals surface area contributed by atoms with E-state index in [2.05, 4.69) is 5.32 Å². The van der Waals surface area contributed by atoms with Gasteiger partial charge in [-0.25, -0.2) is 4.79 Å². The summed E-state index contributed by atoms with van der Waals surface area (Å²) < 4.78 is 16.2. The van der Waals surface area contributed by atoms with Gasteiger partial charge in [0.25, 0.3) is 0 Å². The van der Waals surface area contributed by atoms with Crippen LogP contribution in [0.3, 0.4) is 0 Å². The minimum atomic E-state index is -0.620. The molecule has 21 heavy (non-hydrogen) atoms. The molecule has 0 saturated carbocycles. The second-order valence-corrected chi connectivity index (χ2v) is 5.73. The van der Waals surface area contributed by atoms with E-state index < -0.39 is 11.7 Å². The third-order valence-electron chi connectivity index (χ3n) is 2.85. The van der Waals surface area contributed by atoms with Crippen molar-refractivity contribution >= 4 is 18.1 Å². The molecule has 0 aromatic heterocycles. The number of aldehydes is 1. The first-order valence-electron chi connectivity index (χ1n) is 6.70. The standard InChI is InChI=1S/C15H19NO5/c1-9-12(16-14(18)21-15(2,3)4)10(8-17)7-11-13(9)20-6-5-19-11/h7-8H,5-6H2,1-4H3,(H,16,18). The van der Waals surface area contributed by atoms with Crippen molar-refractivity contribution in [3.8, 4) is 11.5 Å². The van der Waals surface area contributed by atoms with Crippen molar-refractivity contribution in [3.05, 3.63) is 17.2 Å². The molecule has 2 rings (SSSR count). The molecule has 0 atom stereocenters. The van der Waals surface area contributed by atoms with Crippen LogP contribution in [-0.2, 0) is 4.74 Å². The molecule has 6 heteroatoms. The maximum absolute atomic E-state index is 11.9. The molecule has 1 N–H and O–H groups in total. The second-order valence-electron chi connectivity index (χ2n) is 5.73. The number of fused-ring (bicyclic) bond motifs is 1. The van der Waals surface area contributed by atoms with Gasteiger partial charge in [0.15, 0.2) is 17.8 Å². The Balaban J connectivity index is 2.34. The Morgan fingerprint density at radius 3 is 2.62 bits per heavy atom. The minimum absolute atomic E-state index is 0.322. The number of ether oxygens (including phenoxy) is 3. The second kappa shape index (κ2) is 5.63. The van der Waals surface area contributed by atoms with E-state index in [9.17, 15) is 9.59 Å². The first-order valence-corrected chi connectivity index (χ1v) is 6.70. The summed E-state index contributed by atoms with van der Waals surface area (Å²) in [5.41, 5.74) is 0.721. The molecule has 6 nitrogen and oxygen atoms in total. The molecule has 0 unspecified atom stereocenters. The highest BCUT2D eigenvalue weighted by atomic mass is 16.6. The van der Waals surface area contributed by atoms with Crippen molar-refractivity contribution in [2.75, 3.05) is 18.5 Å². The van der Waals surface area contributed by atoms with Crippen molar-refractivity contribution in [2.45, 2.75) is 33.3 Å². The number of hydrogen-bond donors (Lipinski definition) is 1. The van der Waals surface area contributed by atoms with Gasteiger partial charge >= 0.3 is 6.09 Å². The van der Waals surface area contributed by atoms with Gasteiger partial charge in [-0.05, 0) is 33.8 Å². The quantitative estimate of drug-likeness (QED) is 0.849. The van der Waals surface area contributed by atoms with Crippen molar-refractivity contribution in [2.24, 2.45) is 0 Å². The fourth-order valence-electron chi connectivity index (χ4n) is 2.04. The Morgan fingerprint density at radius 2 is 2.00 bits per heavy atom. The highest BCUT2D eigenvalue weighted by Crippen LogP contribution is 2.39. The van der Waals surface area contributed by atoms with E-state index in [1.807, 2.05) is 0 Å². The summed E-state index contributed by atoms with van der Waals surface area (Å²) in [6.07, 6.45) is 0.0446. The van der Waals surface area contributed by atoms with Gasteiger partial charge in [0, 0.05) is 11.1 Å². The molecule has 1 aromatic carbocycles. The normalized spacial score (nSPS) is 13.5. The molecule has 1 aliphatic heterocycles. The molecule has 0 saturated heterocycles. The number of anilines is 1. The van der Waals surface area contributed by atoms with Gasteiger partial charge in [-0.15, -0.1) is 0 Å². The number of amides is 1. The fraction of sp³-hybridized carbons (Fsp3) is 0.467. The molecule has 0 radical (unpaired) electrons. The smallest absolute Gasteiger partial charge is 0.412 e. The summed E-state index contributed by atoms with van der Waals surface area (Å²) in [6.45, 7) is 7.93. The average molecular weight is 293 g/mol. The van der Waals surface area contributed by atoms with E-state index >= 15 is 0 Å². The summed E-state index contributed by atoms with van der Waals surface area (Å²) in [7, 11) is 0. The molecule has 1 heterocycles. The number of rotatable bonds is 2. The van der Waals surface area contributed by atoms with Crippen molar-refractivity contribution < 1.29 is 23.8 Å². The molecular formula is C15H19NO5. The number of benzene rings is 1. The Hall–Kier alpha value is -2.24. The van der Waals surface area contributed by atoms with Crippen LogP contribution in [0.2, 0.25) is 0 Å². The number of nitrogens with one attached hydrogen (secondary N) is 1. The summed E-state index contributed by atoms with van der Waals surface area (Å²) in [6, 6.07) is 1.56. The van der Waals surface area contributed by atoms with Gasteiger partial charge in [0.05, 0.1) is 5.69 Å². The van der Waals surface area contributed by atoms with E-state index in [4.69, 9.17) is 14.2 Å². The fourth-order valence-corrected chi connectivity index (χ4v) is 2.04. The van der Waals surface area contributed by atoms with Crippen LogP contribution >= 0.6 is 0 Å². The van der Waals surface area contributed by atoms with Crippen molar-refractivity contribution in [1.29, 1.82) is 0 Å². The first-order chi connectivity index (χ1) is 9.81. The van der Waals surface area contributed by atoms with Crippen LogP contribution in [0, 0.1) is 6.92 Å². The summed E-state index contributed by atoms with van der Waals surface area (Å²) in [5, 5.41) is 2.61. The molecule has 0 spiro atoms. The molecule has 1 aromatic rings. The Morgan fingerprint density at radius 1 is 1.33 bits per heavy atom. The maximum Gasteiger partial charge on any atom is 0.412 e. The van der Waals surface area contributed by atoms with Gasteiger partial charge in [-0.2, -0.15) is 0 Å². The van der Waals surface area contributed by atoms with E-state index in [0.717, 1.165) is 0 Å². The van der Waals surface area contributed by atoms with Gasteiger partial charge in [0.1, 0.15) is 18.8 Å². The lowest BCUT2D eigenvalue weighted by Gasteiger charge is -2.24. The Labute approximate surface area is 123 Å². The van der Waals surface area contributed by atoms with Gasteiger partial charge in [-0.3, -0.25) is 10.1 Å². The lowest BCUT2D eigenvalue weighted by Crippen LogP contribution is -2.28. The average Bonchev–Trinajstić information content (AvgIpc) is 2.39. The Bertz CT molecular complexity index is 574. The summed E-state index contributed by atoms with van der Waals surface area (Å²) in [4.78, 5) is 23.1. The predicted molar refractivity (Wildman–Crippen MR) is 77.4 cm³/mol. The molecular weight excluding hydrogens is 274 g/mol. The molecule has 0 fully saturated rings. The van der Waals surface area contributed by atoms with Crippen LogP contribution in [-0.4, -0.2) is 31.2 Å². The molecule has 0 aliphatic carbocycles. The third kappa shape index (κ3) is 3.45.